The molecule has 1 aromatic carbocycles. The third-order valence-electron chi connectivity index (χ3n) is 3.36. The highest BCUT2D eigenvalue weighted by Gasteiger charge is 2.24. The summed E-state index contributed by atoms with van der Waals surface area (Å²) in [5.41, 5.74) is 6.59. The van der Waals surface area contributed by atoms with Crippen molar-refractivity contribution in [2.75, 3.05) is 6.54 Å². The van der Waals surface area contributed by atoms with Crippen molar-refractivity contribution in [3.8, 4) is 0 Å². The second-order valence-electron chi connectivity index (χ2n) is 4.73. The van der Waals surface area contributed by atoms with Crippen molar-refractivity contribution in [1.29, 1.82) is 0 Å². The first-order valence-corrected chi connectivity index (χ1v) is 6.65. The first-order chi connectivity index (χ1) is 9.61. The topological polar surface area (TPSA) is 96.3 Å². The first kappa shape index (κ1) is 14.4. The number of hydrogen-bond donors (Lipinski definition) is 3. The number of carbonyl (C=O) groups is 1. The van der Waals surface area contributed by atoms with Gasteiger partial charge in [-0.1, -0.05) is 19.1 Å². The van der Waals surface area contributed by atoms with Crippen LogP contribution < -0.4 is 16.2 Å². The molecule has 7 nitrogen and oxygen atoms in total. The minimum atomic E-state index is -0.430. The Bertz CT molecular complexity index is 500. The number of carbonyl (C=O) groups excluding carboxylic acids is 1. The number of non-ortho nitro benzene ring substituents is 1. The van der Waals surface area contributed by atoms with E-state index in [0.29, 0.717) is 6.42 Å². The molecule has 20 heavy (non-hydrogen) atoms. The van der Waals surface area contributed by atoms with E-state index < -0.39 is 4.92 Å². The number of rotatable bonds is 5. The highest BCUT2D eigenvalue weighted by Crippen LogP contribution is 2.21. The molecule has 1 saturated heterocycles. The van der Waals surface area contributed by atoms with E-state index in [1.165, 1.54) is 12.1 Å². The zero-order valence-corrected chi connectivity index (χ0v) is 11.3. The summed E-state index contributed by atoms with van der Waals surface area (Å²) in [6, 6.07) is 5.92. The quantitative estimate of drug-likeness (QED) is 0.552. The maximum atomic E-state index is 12.1. The van der Waals surface area contributed by atoms with Crippen LogP contribution in [0.4, 0.5) is 5.69 Å². The van der Waals surface area contributed by atoms with E-state index in [1.54, 1.807) is 12.1 Å². The molecule has 7 heteroatoms. The van der Waals surface area contributed by atoms with Crippen LogP contribution in [-0.2, 0) is 4.79 Å². The summed E-state index contributed by atoms with van der Waals surface area (Å²) in [6.45, 7) is 2.69. The van der Waals surface area contributed by atoms with Crippen molar-refractivity contribution in [1.82, 2.24) is 16.2 Å². The van der Waals surface area contributed by atoms with Crippen molar-refractivity contribution in [3.63, 3.8) is 0 Å². The number of nitro groups is 1. The summed E-state index contributed by atoms with van der Waals surface area (Å²) in [6.07, 6.45) is 1.41. The molecule has 1 aliphatic heterocycles. The maximum Gasteiger partial charge on any atom is 0.269 e. The Morgan fingerprint density at radius 2 is 2.40 bits per heavy atom. The predicted molar refractivity (Wildman–Crippen MR) is 73.8 cm³/mol. The van der Waals surface area contributed by atoms with Gasteiger partial charge in [-0.05, 0) is 18.4 Å². The molecule has 0 radical (unpaired) electrons. The number of benzene rings is 1. The molecule has 1 amide bonds. The lowest BCUT2D eigenvalue weighted by atomic mass is 10.0. The van der Waals surface area contributed by atoms with E-state index in [4.69, 9.17) is 0 Å². The van der Waals surface area contributed by atoms with Crippen molar-refractivity contribution in [2.45, 2.75) is 31.8 Å². The highest BCUT2D eigenvalue weighted by atomic mass is 16.6. The van der Waals surface area contributed by atoms with Gasteiger partial charge in [0.1, 0.15) is 6.04 Å². The number of amides is 1. The summed E-state index contributed by atoms with van der Waals surface area (Å²) < 4.78 is 0. The number of hydrazine groups is 1. The minimum absolute atomic E-state index is 0.0378. The molecule has 2 atom stereocenters. The second kappa shape index (κ2) is 6.44. The van der Waals surface area contributed by atoms with Gasteiger partial charge in [-0.15, -0.1) is 0 Å². The number of nitrogens with zero attached hydrogens (tertiary/aromatic N) is 1. The van der Waals surface area contributed by atoms with E-state index in [-0.39, 0.29) is 23.7 Å². The lowest BCUT2D eigenvalue weighted by molar-refractivity contribution is -0.384. The van der Waals surface area contributed by atoms with E-state index in [0.717, 1.165) is 18.5 Å². The molecule has 1 heterocycles. The monoisotopic (exact) mass is 278 g/mol. The second-order valence-corrected chi connectivity index (χ2v) is 4.73. The Kier molecular flexibility index (Phi) is 4.65. The van der Waals surface area contributed by atoms with E-state index in [1.807, 2.05) is 6.92 Å². The SMILES string of the molecule is CCC(NC(=O)C1CCNN1)c1cccc([N+](=O)[O-])c1. The highest BCUT2D eigenvalue weighted by molar-refractivity contribution is 5.82. The van der Waals surface area contributed by atoms with E-state index >= 15 is 0 Å². The normalized spacial score (nSPS) is 19.6. The lowest BCUT2D eigenvalue weighted by Crippen LogP contribution is -2.44. The molecular weight excluding hydrogens is 260 g/mol. The molecule has 2 rings (SSSR count). The zero-order chi connectivity index (χ0) is 14.5. The van der Waals surface area contributed by atoms with E-state index in [2.05, 4.69) is 16.2 Å². The van der Waals surface area contributed by atoms with Gasteiger partial charge >= 0.3 is 0 Å². The maximum absolute atomic E-state index is 12.1. The van der Waals surface area contributed by atoms with Crippen LogP contribution in [0.3, 0.4) is 0 Å². The molecule has 1 aromatic rings. The Balaban J connectivity index is 2.09. The van der Waals surface area contributed by atoms with Gasteiger partial charge in [0, 0.05) is 18.7 Å². The molecule has 1 aliphatic rings. The van der Waals surface area contributed by atoms with Gasteiger partial charge in [0.25, 0.3) is 5.69 Å². The van der Waals surface area contributed by atoms with Crippen molar-refractivity contribution in [2.24, 2.45) is 0 Å². The van der Waals surface area contributed by atoms with Crippen LogP contribution in [0.5, 0.6) is 0 Å². The lowest BCUT2D eigenvalue weighted by Gasteiger charge is -2.19. The van der Waals surface area contributed by atoms with Gasteiger partial charge in [0.05, 0.1) is 11.0 Å². The largest absolute Gasteiger partial charge is 0.348 e. The summed E-state index contributed by atoms with van der Waals surface area (Å²) >= 11 is 0. The summed E-state index contributed by atoms with van der Waals surface area (Å²) in [5.74, 6) is -0.0895. The number of nitrogens with one attached hydrogen (secondary N) is 3. The smallest absolute Gasteiger partial charge is 0.269 e. The fraction of sp³-hybridized carbons (Fsp3) is 0.462. The molecular formula is C13H18N4O3. The van der Waals surface area contributed by atoms with E-state index in [9.17, 15) is 14.9 Å². The molecule has 108 valence electrons. The molecule has 0 bridgehead atoms. The van der Waals surface area contributed by atoms with Gasteiger partial charge in [0.2, 0.25) is 5.91 Å². The van der Waals surface area contributed by atoms with Crippen LogP contribution in [0.2, 0.25) is 0 Å². The van der Waals surface area contributed by atoms with Crippen LogP contribution >= 0.6 is 0 Å². The zero-order valence-electron chi connectivity index (χ0n) is 11.3. The van der Waals surface area contributed by atoms with Crippen molar-refractivity contribution in [3.05, 3.63) is 39.9 Å². The predicted octanol–water partition coefficient (Wildman–Crippen LogP) is 1.03. The van der Waals surface area contributed by atoms with Crippen LogP contribution in [0.15, 0.2) is 24.3 Å². The number of hydrogen-bond acceptors (Lipinski definition) is 5. The molecule has 0 saturated carbocycles. The fourth-order valence-electron chi connectivity index (χ4n) is 2.23. The van der Waals surface area contributed by atoms with Crippen molar-refractivity contribution < 1.29 is 9.72 Å². The van der Waals surface area contributed by atoms with Gasteiger partial charge in [-0.25, -0.2) is 5.43 Å². The number of nitro benzene ring substituents is 1. The molecule has 3 N–H and O–H groups in total. The molecule has 0 aliphatic carbocycles. The average Bonchev–Trinajstić information content (AvgIpc) is 2.99. The average molecular weight is 278 g/mol. The van der Waals surface area contributed by atoms with Gasteiger partial charge in [-0.3, -0.25) is 20.3 Å². The molecule has 0 spiro atoms. The van der Waals surface area contributed by atoms with Crippen molar-refractivity contribution >= 4 is 11.6 Å². The third kappa shape index (κ3) is 3.31. The summed E-state index contributed by atoms with van der Waals surface area (Å²) in [4.78, 5) is 22.4. The molecule has 1 fully saturated rings. The Hall–Kier alpha value is -1.99. The summed E-state index contributed by atoms with van der Waals surface area (Å²) in [7, 11) is 0. The minimum Gasteiger partial charge on any atom is -0.348 e. The Labute approximate surface area is 116 Å². The van der Waals surface area contributed by atoms with Gasteiger partial charge < -0.3 is 5.32 Å². The summed E-state index contributed by atoms with van der Waals surface area (Å²) in [5, 5.41) is 13.7. The third-order valence-corrected chi connectivity index (χ3v) is 3.36. The van der Waals surface area contributed by atoms with Crippen LogP contribution in [0.1, 0.15) is 31.4 Å². The van der Waals surface area contributed by atoms with Gasteiger partial charge in [0.15, 0.2) is 0 Å². The Morgan fingerprint density at radius 3 is 3.00 bits per heavy atom. The molecule has 2 unspecified atom stereocenters. The molecule has 0 aromatic heterocycles. The van der Waals surface area contributed by atoms with Gasteiger partial charge in [-0.2, -0.15) is 0 Å². The van der Waals surface area contributed by atoms with Crippen LogP contribution in [-0.4, -0.2) is 23.4 Å². The Morgan fingerprint density at radius 1 is 1.60 bits per heavy atom. The first-order valence-electron chi connectivity index (χ1n) is 6.65. The standard InChI is InChI=1S/C13H18N4O3/c1-2-11(15-13(18)12-6-7-14-16-12)9-4-3-5-10(8-9)17(19)20/h3-5,8,11-12,14,16H,2,6-7H2,1H3,(H,15,18). The van der Waals surface area contributed by atoms with Crippen LogP contribution in [0, 0.1) is 10.1 Å². The fourth-order valence-corrected chi connectivity index (χ4v) is 2.23. The van der Waals surface area contributed by atoms with Crippen LogP contribution in [0.25, 0.3) is 0 Å².